The Morgan fingerprint density at radius 1 is 0.623 bits per heavy atom. The first kappa shape index (κ1) is 44.0. The number of benzene rings is 4. The maximum Gasteiger partial charge on any atom is 0.251 e. The van der Waals surface area contributed by atoms with Crippen molar-refractivity contribution < 1.29 is 32.3 Å². The molecule has 13 nitrogen and oxygen atoms in total. The highest BCUT2D eigenvalue weighted by Crippen LogP contribution is 2.30. The summed E-state index contributed by atoms with van der Waals surface area (Å²) in [6.07, 6.45) is 9.01. The first-order valence-corrected chi connectivity index (χ1v) is 23.3. The fourth-order valence-corrected chi connectivity index (χ4v) is 10.3. The average Bonchev–Trinajstić information content (AvgIpc) is 3.24. The Hall–Kier alpha value is -5.12. The van der Waals surface area contributed by atoms with E-state index in [4.69, 9.17) is 4.74 Å². The second kappa shape index (κ2) is 19.7. The van der Waals surface area contributed by atoms with Crippen LogP contribution in [0, 0.1) is 0 Å². The van der Waals surface area contributed by atoms with Gasteiger partial charge in [-0.05, 0) is 87.1 Å². The van der Waals surface area contributed by atoms with Gasteiger partial charge in [0.2, 0.25) is 10.0 Å². The highest BCUT2D eigenvalue weighted by molar-refractivity contribution is 7.89. The molecule has 0 aromatic heterocycles. The van der Waals surface area contributed by atoms with Gasteiger partial charge in [0.25, 0.3) is 23.6 Å². The highest BCUT2D eigenvalue weighted by Gasteiger charge is 2.32. The van der Waals surface area contributed by atoms with Crippen molar-refractivity contribution in [2.45, 2.75) is 111 Å². The number of hydrogen-bond acceptors (Lipinski definition) is 9. The zero-order chi connectivity index (χ0) is 43.1. The van der Waals surface area contributed by atoms with Gasteiger partial charge in [0.1, 0.15) is 5.75 Å². The minimum atomic E-state index is -3.73. The van der Waals surface area contributed by atoms with Crippen LogP contribution in [0.25, 0.3) is 10.8 Å². The van der Waals surface area contributed by atoms with Crippen molar-refractivity contribution in [1.82, 2.24) is 26.0 Å². The summed E-state index contributed by atoms with van der Waals surface area (Å²) in [5.41, 5.74) is 2.07. The minimum Gasteiger partial charge on any atom is -0.494 e. The van der Waals surface area contributed by atoms with E-state index >= 15 is 0 Å². The summed E-state index contributed by atoms with van der Waals surface area (Å²) in [5, 5.41) is 14.0. The van der Waals surface area contributed by atoms with Crippen molar-refractivity contribution in [3.63, 3.8) is 0 Å². The number of rotatable bonds is 11. The molecule has 4 amide bonds. The quantitative estimate of drug-likeness (QED) is 0.0746. The molecule has 0 unspecified atom stereocenters. The molecule has 2 fully saturated rings. The summed E-state index contributed by atoms with van der Waals surface area (Å²) in [4.78, 5) is 57.8. The van der Waals surface area contributed by atoms with E-state index in [0.717, 1.165) is 49.6 Å². The van der Waals surface area contributed by atoms with Crippen LogP contribution in [0.4, 0.5) is 5.69 Å². The number of ether oxygens (including phenoxy) is 1. The second-order valence-corrected chi connectivity index (χ2v) is 18.8. The molecule has 2 saturated carbocycles. The van der Waals surface area contributed by atoms with Crippen LogP contribution in [-0.2, 0) is 10.0 Å². The van der Waals surface area contributed by atoms with Crippen molar-refractivity contribution in [2.75, 3.05) is 32.1 Å². The predicted molar refractivity (Wildman–Crippen MR) is 240 cm³/mol. The zero-order valence-electron chi connectivity index (χ0n) is 34.8. The van der Waals surface area contributed by atoms with Crippen molar-refractivity contribution in [3.8, 4) is 5.75 Å². The third kappa shape index (κ3) is 10.9. The Balaban J connectivity index is 1.01. The number of anilines is 1. The molecular weight excluding hydrogens is 813 g/mol. The van der Waals surface area contributed by atoms with Gasteiger partial charge in [-0.1, -0.05) is 62.8 Å². The first-order chi connectivity index (χ1) is 29.4. The molecule has 1 heterocycles. The number of carbonyl (C=O) groups is 4. The van der Waals surface area contributed by atoms with E-state index in [2.05, 4.69) is 38.6 Å². The molecule has 4 aromatic rings. The van der Waals surface area contributed by atoms with E-state index < -0.39 is 10.0 Å². The smallest absolute Gasteiger partial charge is 0.251 e. The van der Waals surface area contributed by atoms with Gasteiger partial charge in [-0.3, -0.25) is 19.2 Å². The number of hydrogen-bond donors (Lipinski definition) is 6. The van der Waals surface area contributed by atoms with E-state index in [0.29, 0.717) is 78.8 Å². The van der Waals surface area contributed by atoms with Crippen LogP contribution < -0.4 is 35.6 Å². The molecule has 3 aliphatic rings. The lowest BCUT2D eigenvalue weighted by atomic mass is 9.89. The van der Waals surface area contributed by atoms with Crippen molar-refractivity contribution in [1.29, 1.82) is 0 Å². The van der Waals surface area contributed by atoms with Gasteiger partial charge in [-0.15, -0.1) is 12.6 Å². The summed E-state index contributed by atoms with van der Waals surface area (Å²) >= 11 is 4.49. The molecule has 2 aliphatic carbocycles. The number of fused-ring (bicyclic) bond motifs is 7. The Labute approximate surface area is 363 Å². The van der Waals surface area contributed by atoms with Gasteiger partial charge < -0.3 is 30.9 Å². The van der Waals surface area contributed by atoms with Crippen LogP contribution in [0.2, 0.25) is 0 Å². The molecule has 15 heteroatoms. The van der Waals surface area contributed by atoms with E-state index in [9.17, 15) is 27.6 Å². The summed E-state index contributed by atoms with van der Waals surface area (Å²) < 4.78 is 35.6. The van der Waals surface area contributed by atoms with Crippen LogP contribution in [0.1, 0.15) is 118 Å². The Morgan fingerprint density at radius 2 is 1.08 bits per heavy atom. The lowest BCUT2D eigenvalue weighted by molar-refractivity contribution is 0.0854. The van der Waals surface area contributed by atoms with Crippen molar-refractivity contribution >= 4 is 62.7 Å². The molecule has 1 aliphatic heterocycles. The number of thiol groups is 1. The van der Waals surface area contributed by atoms with Crippen LogP contribution in [0.15, 0.2) is 82.6 Å². The average molecular weight is 869 g/mol. The summed E-state index contributed by atoms with van der Waals surface area (Å²) in [6.45, 7) is 0.618. The minimum absolute atomic E-state index is 0.254. The summed E-state index contributed by atoms with van der Waals surface area (Å²) in [5.74, 6) is -1.08. The molecule has 324 valence electrons. The van der Waals surface area contributed by atoms with E-state index in [1.807, 2.05) is 43.3 Å². The fourth-order valence-electron chi connectivity index (χ4n) is 8.72. The van der Waals surface area contributed by atoms with E-state index in [1.54, 1.807) is 48.5 Å². The Morgan fingerprint density at radius 3 is 1.59 bits per heavy atom. The lowest BCUT2D eigenvalue weighted by Crippen LogP contribution is -2.53. The van der Waals surface area contributed by atoms with Crippen LogP contribution >= 0.6 is 12.6 Å². The number of nitrogens with one attached hydrogen (secondary N) is 5. The second-order valence-electron chi connectivity index (χ2n) is 16.6. The maximum absolute atomic E-state index is 13.9. The number of nitrogens with zero attached hydrogens (tertiary/aromatic N) is 1. The Kier molecular flexibility index (Phi) is 14.2. The lowest BCUT2D eigenvalue weighted by Gasteiger charge is -2.33. The van der Waals surface area contributed by atoms with E-state index in [1.165, 1.54) is 0 Å². The molecule has 7 rings (SSSR count). The number of amides is 4. The molecule has 0 saturated heterocycles. The summed E-state index contributed by atoms with van der Waals surface area (Å²) in [6, 6.07) is 19.2. The first-order valence-electron chi connectivity index (χ1n) is 21.4. The standard InChI is InChI=1S/C46H56N6O7S2/c1-52(2)41-19-11-14-36-35(41)13-12-20-42(36)61(57,58)47-21-9-3-4-10-22-59-33-25-29-23-30(26-33)44(54)49-38-16-6-8-18-40(38)51-46(56)32-24-31(27-34(60)28-32)45(55)50-39-17-7-5-15-37(39)48-43(29)53/h11-14,19-20,23-28,37-40,47,60H,3-10,15-18,21-22H2,1-2H3,(H,48,53)(H,49,54)(H,50,55)(H,51,56)/t37-,38-,39-,40-/m1/s1. The maximum atomic E-state index is 13.9. The number of carbonyl (C=O) groups excluding carboxylic acids is 4. The van der Waals surface area contributed by atoms with Crippen molar-refractivity contribution in [3.05, 3.63) is 95.1 Å². The number of unbranched alkanes of at least 4 members (excludes halogenated alkanes) is 3. The van der Waals surface area contributed by atoms with Gasteiger partial charge in [-0.25, -0.2) is 13.1 Å². The molecule has 4 bridgehead atoms. The predicted octanol–water partition coefficient (Wildman–Crippen LogP) is 6.37. The van der Waals surface area contributed by atoms with Gasteiger partial charge in [0.05, 0.1) is 11.5 Å². The summed E-state index contributed by atoms with van der Waals surface area (Å²) in [7, 11) is 0.131. The number of sulfonamides is 1. The van der Waals surface area contributed by atoms with Crippen molar-refractivity contribution in [2.24, 2.45) is 0 Å². The largest absolute Gasteiger partial charge is 0.494 e. The molecule has 4 aromatic carbocycles. The van der Waals surface area contributed by atoms with Gasteiger partial charge in [0.15, 0.2) is 0 Å². The van der Waals surface area contributed by atoms with Crippen LogP contribution in [0.3, 0.4) is 0 Å². The molecule has 5 N–H and O–H groups in total. The monoisotopic (exact) mass is 868 g/mol. The van der Waals surface area contributed by atoms with Gasteiger partial charge in [0, 0.05) is 88.4 Å². The van der Waals surface area contributed by atoms with Gasteiger partial charge >= 0.3 is 0 Å². The fraction of sp³-hybridized carbons (Fsp3) is 0.435. The topological polar surface area (TPSA) is 175 Å². The molecule has 61 heavy (non-hydrogen) atoms. The normalized spacial score (nSPS) is 21.1. The third-order valence-electron chi connectivity index (χ3n) is 11.9. The van der Waals surface area contributed by atoms with Crippen LogP contribution in [-0.4, -0.2) is 83.5 Å². The molecule has 0 spiro atoms. The highest BCUT2D eigenvalue weighted by atomic mass is 32.2. The van der Waals surface area contributed by atoms with E-state index in [-0.39, 0.29) is 63.8 Å². The van der Waals surface area contributed by atoms with Gasteiger partial charge in [-0.2, -0.15) is 0 Å². The molecule has 4 atom stereocenters. The third-order valence-corrected chi connectivity index (χ3v) is 13.7. The Bertz CT molecular complexity index is 2300. The SMILES string of the molecule is CN(C)c1cccc2c(S(=O)(=O)NCCCCCCOc3cc4cc(c3)C(=O)N[C@@H]3CCCC[C@H]3NC(=O)c3cc(S)cc(c3)C(=O)N[C@@H]3CCCC[C@H]3NC4=O)cccc12. The van der Waals surface area contributed by atoms with Crippen LogP contribution in [0.5, 0.6) is 5.75 Å². The molecular formula is C46H56N6O7S2. The molecule has 0 radical (unpaired) electrons. The zero-order valence-corrected chi connectivity index (χ0v) is 36.5.